The van der Waals surface area contributed by atoms with Gasteiger partial charge in [0.15, 0.2) is 0 Å². The summed E-state index contributed by atoms with van der Waals surface area (Å²) in [6.45, 7) is 1.70. The molecule has 35 heavy (non-hydrogen) atoms. The van der Waals surface area contributed by atoms with Crippen LogP contribution in [0.15, 0.2) is 41.7 Å². The van der Waals surface area contributed by atoms with Gasteiger partial charge in [-0.15, -0.1) is 0 Å². The van der Waals surface area contributed by atoms with Gasteiger partial charge < -0.3 is 9.88 Å². The molecule has 0 aliphatic carbocycles. The van der Waals surface area contributed by atoms with Gasteiger partial charge in [0.25, 0.3) is 0 Å². The summed E-state index contributed by atoms with van der Waals surface area (Å²) in [6.07, 6.45) is -6.95. The number of hydrogen-bond acceptors (Lipinski definition) is 5. The van der Waals surface area contributed by atoms with E-state index < -0.39 is 44.4 Å². The Labute approximate surface area is 196 Å². The molecule has 14 heteroatoms. The molecule has 0 amide bonds. The van der Waals surface area contributed by atoms with Gasteiger partial charge in [-0.1, -0.05) is 6.92 Å². The van der Waals surface area contributed by atoms with Crippen LogP contribution in [0.4, 0.5) is 32.2 Å². The van der Waals surface area contributed by atoms with Gasteiger partial charge in [-0.3, -0.25) is 0 Å². The molecule has 3 aromatic rings. The van der Waals surface area contributed by atoms with Gasteiger partial charge in [0, 0.05) is 32.4 Å². The maximum atomic E-state index is 13.3. The largest absolute Gasteiger partial charge is 0.416 e. The Bertz CT molecular complexity index is 1310. The average Bonchev–Trinajstić information content (AvgIpc) is 3.26. The number of halogens is 6. The normalized spacial score (nSPS) is 20.3. The highest BCUT2D eigenvalue weighted by molar-refractivity contribution is 7.89. The Hall–Kier alpha value is -2.87. The molecule has 1 aliphatic heterocycles. The van der Waals surface area contributed by atoms with Crippen LogP contribution in [0.25, 0.3) is 11.0 Å². The number of piperidine rings is 1. The third-order valence-electron chi connectivity index (χ3n) is 6.24. The van der Waals surface area contributed by atoms with Crippen molar-refractivity contribution in [2.45, 2.75) is 36.6 Å². The number of aromatic amines is 1. The van der Waals surface area contributed by atoms with E-state index in [1.807, 2.05) is 6.92 Å². The summed E-state index contributed by atoms with van der Waals surface area (Å²) in [5.74, 6) is 0.480. The van der Waals surface area contributed by atoms with Crippen molar-refractivity contribution in [3.63, 3.8) is 0 Å². The zero-order valence-corrected chi connectivity index (χ0v) is 19.3. The minimum atomic E-state index is -5.15. The van der Waals surface area contributed by atoms with E-state index in [1.165, 1.54) is 6.33 Å². The van der Waals surface area contributed by atoms with Crippen LogP contribution in [-0.4, -0.2) is 53.9 Å². The fraction of sp³-hybridized carbons (Fsp3) is 0.429. The molecule has 0 saturated carbocycles. The van der Waals surface area contributed by atoms with E-state index in [0.717, 1.165) is 4.31 Å². The van der Waals surface area contributed by atoms with Crippen molar-refractivity contribution in [2.24, 2.45) is 5.92 Å². The number of nitrogens with one attached hydrogen (secondary N) is 1. The Kier molecular flexibility index (Phi) is 6.24. The fourth-order valence-electron chi connectivity index (χ4n) is 4.26. The molecule has 190 valence electrons. The lowest BCUT2D eigenvalue weighted by Crippen LogP contribution is -2.52. The van der Waals surface area contributed by atoms with Gasteiger partial charge in [-0.05, 0) is 36.6 Å². The molecule has 1 saturated heterocycles. The number of H-pyrrole nitrogens is 1. The molecule has 1 aliphatic rings. The standard InChI is InChI=1S/C21H21F6N5O2S/c1-12-4-6-32(10-17(12)31(2)19-16-3-5-28-18(16)29-11-30-19)35(33,34)15-8-13(20(22,23)24)7-14(9-15)21(25,26)27/h3,5,7-9,11-12,17H,4,6,10H2,1-2H3,(H,28,29,30). The van der Waals surface area contributed by atoms with Crippen LogP contribution in [0, 0.1) is 5.92 Å². The highest BCUT2D eigenvalue weighted by atomic mass is 32.2. The summed E-state index contributed by atoms with van der Waals surface area (Å²) in [7, 11) is -2.96. The summed E-state index contributed by atoms with van der Waals surface area (Å²) in [5.41, 5.74) is -2.79. The van der Waals surface area contributed by atoms with Crippen molar-refractivity contribution in [1.82, 2.24) is 19.3 Å². The topological polar surface area (TPSA) is 82.2 Å². The number of anilines is 1. The van der Waals surface area contributed by atoms with Crippen LogP contribution >= 0.6 is 0 Å². The van der Waals surface area contributed by atoms with Crippen molar-refractivity contribution >= 4 is 26.9 Å². The van der Waals surface area contributed by atoms with E-state index >= 15 is 0 Å². The molecule has 2 aromatic heterocycles. The molecule has 1 aromatic carbocycles. The first-order valence-corrected chi connectivity index (χ1v) is 11.9. The van der Waals surface area contributed by atoms with E-state index in [2.05, 4.69) is 15.0 Å². The Morgan fingerprint density at radius 3 is 2.29 bits per heavy atom. The van der Waals surface area contributed by atoms with Crippen LogP contribution in [0.5, 0.6) is 0 Å². The molecule has 1 N–H and O–H groups in total. The molecular weight excluding hydrogens is 500 g/mol. The molecule has 2 atom stereocenters. The number of fused-ring (bicyclic) bond motifs is 1. The van der Waals surface area contributed by atoms with E-state index in [-0.39, 0.29) is 37.2 Å². The number of aromatic nitrogens is 3. The van der Waals surface area contributed by atoms with Gasteiger partial charge >= 0.3 is 12.4 Å². The van der Waals surface area contributed by atoms with Crippen molar-refractivity contribution in [3.05, 3.63) is 47.9 Å². The van der Waals surface area contributed by atoms with E-state index in [0.29, 0.717) is 23.3 Å². The Morgan fingerprint density at radius 2 is 1.69 bits per heavy atom. The van der Waals surface area contributed by atoms with Gasteiger partial charge in [0.2, 0.25) is 10.0 Å². The molecule has 3 heterocycles. The van der Waals surface area contributed by atoms with E-state index in [9.17, 15) is 34.8 Å². The Balaban J connectivity index is 1.70. The summed E-state index contributed by atoms with van der Waals surface area (Å²) in [6, 6.07) is 1.71. The second-order valence-electron chi connectivity index (χ2n) is 8.49. The molecule has 0 radical (unpaired) electrons. The second kappa shape index (κ2) is 8.66. The van der Waals surface area contributed by atoms with Gasteiger partial charge in [-0.25, -0.2) is 18.4 Å². The van der Waals surface area contributed by atoms with Gasteiger partial charge in [0.05, 0.1) is 21.4 Å². The first kappa shape index (κ1) is 25.2. The highest BCUT2D eigenvalue weighted by Gasteiger charge is 2.41. The number of sulfonamides is 1. The van der Waals surface area contributed by atoms with Crippen LogP contribution in [0.1, 0.15) is 24.5 Å². The predicted molar refractivity (Wildman–Crippen MR) is 115 cm³/mol. The van der Waals surface area contributed by atoms with Crippen LogP contribution in [-0.2, 0) is 22.4 Å². The minimum absolute atomic E-state index is 0.0392. The van der Waals surface area contributed by atoms with Crippen molar-refractivity contribution in [1.29, 1.82) is 0 Å². The lowest BCUT2D eigenvalue weighted by molar-refractivity contribution is -0.143. The van der Waals surface area contributed by atoms with Crippen molar-refractivity contribution < 1.29 is 34.8 Å². The summed E-state index contributed by atoms with van der Waals surface area (Å²) < 4.78 is 107. The van der Waals surface area contributed by atoms with Crippen LogP contribution < -0.4 is 4.90 Å². The van der Waals surface area contributed by atoms with Crippen LogP contribution in [0.3, 0.4) is 0 Å². The molecule has 0 spiro atoms. The smallest absolute Gasteiger partial charge is 0.354 e. The first-order chi connectivity index (χ1) is 16.2. The van der Waals surface area contributed by atoms with E-state index in [1.54, 1.807) is 24.2 Å². The lowest BCUT2D eigenvalue weighted by Gasteiger charge is -2.41. The zero-order valence-electron chi connectivity index (χ0n) is 18.5. The molecule has 4 rings (SSSR count). The van der Waals surface area contributed by atoms with Crippen molar-refractivity contribution in [2.75, 3.05) is 25.0 Å². The summed E-state index contributed by atoms with van der Waals surface area (Å²) in [4.78, 5) is 12.1. The summed E-state index contributed by atoms with van der Waals surface area (Å²) >= 11 is 0. The van der Waals surface area contributed by atoms with Crippen molar-refractivity contribution in [3.8, 4) is 0 Å². The maximum absolute atomic E-state index is 13.3. The lowest BCUT2D eigenvalue weighted by atomic mass is 9.93. The first-order valence-electron chi connectivity index (χ1n) is 10.5. The fourth-order valence-corrected chi connectivity index (χ4v) is 5.81. The molecule has 2 unspecified atom stereocenters. The SMILES string of the molecule is CC1CCN(S(=O)(=O)c2cc(C(F)(F)F)cc(C(F)(F)F)c2)CC1N(C)c1ncnc2[nH]ccc12. The average molecular weight is 521 g/mol. The summed E-state index contributed by atoms with van der Waals surface area (Å²) in [5, 5.41) is 0.690. The molecular formula is C21H21F6N5O2S. The number of alkyl halides is 6. The maximum Gasteiger partial charge on any atom is 0.416 e. The number of benzene rings is 1. The predicted octanol–water partition coefficient (Wildman–Crippen LogP) is 4.53. The third kappa shape index (κ3) is 4.81. The monoisotopic (exact) mass is 521 g/mol. The quantitative estimate of drug-likeness (QED) is 0.511. The minimum Gasteiger partial charge on any atom is -0.354 e. The van der Waals surface area contributed by atoms with Crippen LogP contribution in [0.2, 0.25) is 0 Å². The van der Waals surface area contributed by atoms with E-state index in [4.69, 9.17) is 0 Å². The Morgan fingerprint density at radius 1 is 1.06 bits per heavy atom. The zero-order chi connectivity index (χ0) is 25.8. The number of likely N-dealkylation sites (N-methyl/N-ethyl adjacent to an activating group) is 1. The van der Waals surface area contributed by atoms with Gasteiger partial charge in [0.1, 0.15) is 17.8 Å². The number of hydrogen-bond donors (Lipinski definition) is 1. The molecule has 0 bridgehead atoms. The molecule has 1 fully saturated rings. The molecule has 7 nitrogen and oxygen atoms in total. The number of nitrogens with zero attached hydrogens (tertiary/aromatic N) is 4. The third-order valence-corrected chi connectivity index (χ3v) is 8.09. The second-order valence-corrected chi connectivity index (χ2v) is 10.4. The van der Waals surface area contributed by atoms with Gasteiger partial charge in [-0.2, -0.15) is 30.6 Å². The number of rotatable bonds is 4. The highest BCUT2D eigenvalue weighted by Crippen LogP contribution is 2.38.